The molecule has 2 rings (SSSR count). The van der Waals surface area contributed by atoms with E-state index in [0.29, 0.717) is 17.1 Å². The summed E-state index contributed by atoms with van der Waals surface area (Å²) in [5.74, 6) is 0. The number of carbonyl (C=O) groups is 1. The minimum Gasteiger partial charge on any atom is -0.368 e. The Morgan fingerprint density at radius 3 is 2.60 bits per heavy atom. The maximum atomic E-state index is 11.8. The third-order valence-corrected chi connectivity index (χ3v) is 4.21. The van der Waals surface area contributed by atoms with Crippen LogP contribution in [0.4, 0.5) is 4.79 Å². The molecule has 2 aliphatic heterocycles. The predicted octanol–water partition coefficient (Wildman–Crippen LogP) is -0.445. The first-order valence-electron chi connectivity index (χ1n) is 4.79. The summed E-state index contributed by atoms with van der Waals surface area (Å²) in [5, 5.41) is 10.1. The Hall–Kier alpha value is -0.820. The molecule has 0 aromatic carbocycles. The van der Waals surface area contributed by atoms with Crippen LogP contribution in [-0.4, -0.2) is 53.3 Å². The van der Waals surface area contributed by atoms with E-state index in [4.69, 9.17) is 0 Å². The molecule has 0 aromatic heterocycles. The maximum Gasteiger partial charge on any atom is 0.336 e. The zero-order valence-corrected chi connectivity index (χ0v) is 9.49. The van der Waals surface area contributed by atoms with Gasteiger partial charge in [0.1, 0.15) is 0 Å². The van der Waals surface area contributed by atoms with Gasteiger partial charge in [0.25, 0.3) is 0 Å². The monoisotopic (exact) mass is 234 g/mol. The first kappa shape index (κ1) is 10.7. The molecule has 2 saturated heterocycles. The van der Waals surface area contributed by atoms with Gasteiger partial charge in [-0.2, -0.15) is 4.31 Å². The normalized spacial score (nSPS) is 36.2. The summed E-state index contributed by atoms with van der Waals surface area (Å²) in [6.07, 6.45) is 1.87. The van der Waals surface area contributed by atoms with Crippen molar-refractivity contribution in [3.63, 3.8) is 0 Å². The van der Waals surface area contributed by atoms with Gasteiger partial charge in [-0.3, -0.25) is 0 Å². The van der Waals surface area contributed by atoms with Crippen molar-refractivity contribution in [3.05, 3.63) is 0 Å². The first-order chi connectivity index (χ1) is 6.76. The molecular weight excluding hydrogens is 220 g/mol. The van der Waals surface area contributed by atoms with Crippen molar-refractivity contribution in [2.75, 3.05) is 12.8 Å². The highest BCUT2D eigenvalue weighted by Gasteiger charge is 2.56. The van der Waals surface area contributed by atoms with Crippen LogP contribution in [0.2, 0.25) is 0 Å². The topological polar surface area (TPSA) is 77.9 Å². The van der Waals surface area contributed by atoms with E-state index in [1.165, 1.54) is 4.90 Å². The molecule has 0 aliphatic carbocycles. The molecule has 0 saturated carbocycles. The Morgan fingerprint density at radius 1 is 1.53 bits per heavy atom. The number of fused-ring (bicyclic) bond motifs is 2. The van der Waals surface area contributed by atoms with Gasteiger partial charge in [-0.05, 0) is 13.3 Å². The minimum atomic E-state index is -3.70. The van der Waals surface area contributed by atoms with Crippen LogP contribution in [0, 0.1) is 0 Å². The number of hydrogen-bond acceptors (Lipinski definition) is 4. The summed E-state index contributed by atoms with van der Waals surface area (Å²) in [4.78, 5) is 13.2. The third-order valence-electron chi connectivity index (χ3n) is 3.05. The number of hydrogen-bond donors (Lipinski definition) is 1. The highest BCUT2D eigenvalue weighted by molar-refractivity contribution is 7.88. The smallest absolute Gasteiger partial charge is 0.336 e. The van der Waals surface area contributed by atoms with Crippen molar-refractivity contribution in [1.29, 1.82) is 0 Å². The molecule has 2 bridgehead atoms. The number of rotatable bonds is 1. The van der Waals surface area contributed by atoms with Crippen molar-refractivity contribution in [2.24, 2.45) is 0 Å². The summed E-state index contributed by atoms with van der Waals surface area (Å²) in [6.45, 7) is 1.93. The lowest BCUT2D eigenvalue weighted by Crippen LogP contribution is -2.50. The zero-order valence-electron chi connectivity index (χ0n) is 8.67. The quantitative estimate of drug-likeness (QED) is 0.667. The number of carbonyl (C=O) groups excluding carboxylic acids is 1. The van der Waals surface area contributed by atoms with Crippen LogP contribution in [0.5, 0.6) is 0 Å². The van der Waals surface area contributed by atoms with E-state index >= 15 is 0 Å². The molecule has 15 heavy (non-hydrogen) atoms. The van der Waals surface area contributed by atoms with Gasteiger partial charge in [0.05, 0.1) is 12.8 Å². The van der Waals surface area contributed by atoms with Crippen LogP contribution in [0.25, 0.3) is 0 Å². The van der Waals surface area contributed by atoms with Gasteiger partial charge in [-0.1, -0.05) is 0 Å². The second-order valence-corrected chi connectivity index (χ2v) is 6.14. The highest BCUT2D eigenvalue weighted by atomic mass is 32.2. The van der Waals surface area contributed by atoms with Gasteiger partial charge in [0, 0.05) is 12.5 Å². The molecule has 0 aromatic rings. The van der Waals surface area contributed by atoms with E-state index in [2.05, 4.69) is 0 Å². The van der Waals surface area contributed by atoms with E-state index in [1.807, 2.05) is 6.92 Å². The van der Waals surface area contributed by atoms with E-state index in [0.717, 1.165) is 6.26 Å². The Bertz CT molecular complexity index is 407. The second-order valence-electron chi connectivity index (χ2n) is 4.31. The molecule has 2 unspecified atom stereocenters. The molecule has 2 heterocycles. The van der Waals surface area contributed by atoms with Crippen LogP contribution in [0.15, 0.2) is 0 Å². The fraction of sp³-hybridized carbons (Fsp3) is 0.875. The van der Waals surface area contributed by atoms with Crippen LogP contribution in [0.3, 0.4) is 0 Å². The number of aliphatic hydroxyl groups is 1. The summed E-state index contributed by atoms with van der Waals surface area (Å²) >= 11 is 0. The van der Waals surface area contributed by atoms with Gasteiger partial charge < -0.3 is 10.0 Å². The summed E-state index contributed by atoms with van der Waals surface area (Å²) in [6, 6.07) is -0.616. The van der Waals surface area contributed by atoms with E-state index in [1.54, 1.807) is 0 Å². The molecule has 2 amide bonds. The minimum absolute atomic E-state index is 0.00970. The predicted molar refractivity (Wildman–Crippen MR) is 52.4 cm³/mol. The van der Waals surface area contributed by atoms with E-state index in [-0.39, 0.29) is 12.6 Å². The molecule has 0 radical (unpaired) electrons. The van der Waals surface area contributed by atoms with Crippen LogP contribution < -0.4 is 0 Å². The fourth-order valence-electron chi connectivity index (χ4n) is 2.27. The molecule has 7 heteroatoms. The lowest BCUT2D eigenvalue weighted by molar-refractivity contribution is -0.0459. The van der Waals surface area contributed by atoms with Gasteiger partial charge in [0.15, 0.2) is 5.72 Å². The summed E-state index contributed by atoms with van der Waals surface area (Å²) in [5.41, 5.74) is -1.53. The molecule has 2 fully saturated rings. The third kappa shape index (κ3) is 1.41. The number of sulfonamides is 1. The Labute approximate surface area is 88.5 Å². The fourth-order valence-corrected chi connectivity index (χ4v) is 3.43. The lowest BCUT2D eigenvalue weighted by Gasteiger charge is -2.33. The van der Waals surface area contributed by atoms with Crippen molar-refractivity contribution < 1.29 is 18.3 Å². The van der Waals surface area contributed by atoms with Crippen LogP contribution in [0.1, 0.15) is 19.8 Å². The molecule has 2 aliphatic rings. The number of piperidine rings is 1. The van der Waals surface area contributed by atoms with Gasteiger partial charge >= 0.3 is 6.03 Å². The highest BCUT2D eigenvalue weighted by Crippen LogP contribution is 2.37. The van der Waals surface area contributed by atoms with E-state index in [9.17, 15) is 18.3 Å². The van der Waals surface area contributed by atoms with Crippen LogP contribution >= 0.6 is 0 Å². The lowest BCUT2D eigenvalue weighted by atomic mass is 9.99. The van der Waals surface area contributed by atoms with Crippen molar-refractivity contribution >= 4 is 16.1 Å². The molecule has 2 atom stereocenters. The largest absolute Gasteiger partial charge is 0.368 e. The number of amides is 2. The second kappa shape index (κ2) is 2.85. The summed E-state index contributed by atoms with van der Waals surface area (Å²) in [7, 11) is -3.70. The van der Waals surface area contributed by atoms with Crippen LogP contribution in [-0.2, 0) is 10.0 Å². The number of nitrogens with zero attached hydrogens (tertiary/aromatic N) is 2. The van der Waals surface area contributed by atoms with Crippen molar-refractivity contribution in [2.45, 2.75) is 31.5 Å². The summed E-state index contributed by atoms with van der Waals surface area (Å²) < 4.78 is 23.4. The van der Waals surface area contributed by atoms with Crippen molar-refractivity contribution in [1.82, 2.24) is 9.21 Å². The molecule has 86 valence electrons. The SMILES string of the molecule is CC1CCC2(O)CN1C(=O)N2S(C)(=O)=O. The Kier molecular flexibility index (Phi) is 2.03. The maximum absolute atomic E-state index is 11.8. The Balaban J connectivity index is 2.46. The molecular formula is C8H14N2O4S. The first-order valence-corrected chi connectivity index (χ1v) is 6.64. The van der Waals surface area contributed by atoms with Gasteiger partial charge in [-0.15, -0.1) is 0 Å². The Morgan fingerprint density at radius 2 is 2.13 bits per heavy atom. The van der Waals surface area contributed by atoms with Crippen molar-refractivity contribution in [3.8, 4) is 0 Å². The molecule has 0 spiro atoms. The van der Waals surface area contributed by atoms with Gasteiger partial charge in [-0.25, -0.2) is 13.2 Å². The standard InChI is InChI=1S/C8H14N2O4S/c1-6-3-4-8(12)5-9(6)7(11)10(8)15(2,13)14/h6,12H,3-5H2,1-2H3. The molecule has 1 N–H and O–H groups in total. The zero-order chi connectivity index (χ0) is 11.4. The average molecular weight is 234 g/mol. The van der Waals surface area contributed by atoms with Gasteiger partial charge in [0.2, 0.25) is 10.0 Å². The average Bonchev–Trinajstić information content (AvgIpc) is 2.29. The van der Waals surface area contributed by atoms with E-state index < -0.39 is 21.8 Å². The number of urea groups is 1. The molecule has 6 nitrogen and oxygen atoms in total.